The average molecular weight is 300 g/mol. The molecule has 0 saturated heterocycles. The van der Waals surface area contributed by atoms with E-state index in [4.69, 9.17) is 0 Å². The molecule has 0 aromatic heterocycles. The Morgan fingerprint density at radius 3 is 2.77 bits per heavy atom. The van der Waals surface area contributed by atoms with E-state index >= 15 is 0 Å². The summed E-state index contributed by atoms with van der Waals surface area (Å²) in [7, 11) is 0. The Kier molecular flexibility index (Phi) is 4.23. The summed E-state index contributed by atoms with van der Waals surface area (Å²) in [5.74, 6) is 0.0377. The van der Waals surface area contributed by atoms with Crippen molar-refractivity contribution in [1.82, 2.24) is 0 Å². The smallest absolute Gasteiger partial charge is 0.204 e. The van der Waals surface area contributed by atoms with Crippen LogP contribution in [0, 0.1) is 11.8 Å². The molecule has 1 aromatic carbocycles. The highest BCUT2D eigenvalue weighted by Crippen LogP contribution is 2.38. The highest BCUT2D eigenvalue weighted by Gasteiger charge is 2.45. The molecule has 0 saturated carbocycles. The third-order valence-corrected chi connectivity index (χ3v) is 4.81. The standard InChI is InChI=1S/C18H22NO3/c20-11-9-18(22)8-6-16(21)12-17(18)14-7-10-19(13-14)15-4-2-1-3-5-15/h1-6,8,13-14,17,20,22H,7,9-12H2/q+1/t14-,17-,18+/m1/s1. The normalized spacial score (nSPS) is 31.4. The summed E-state index contributed by atoms with van der Waals surface area (Å²) >= 11 is 0. The number of rotatable bonds is 4. The van der Waals surface area contributed by atoms with Gasteiger partial charge in [-0.25, -0.2) is 4.58 Å². The van der Waals surface area contributed by atoms with E-state index in [2.05, 4.69) is 22.9 Å². The lowest BCUT2D eigenvalue weighted by molar-refractivity contribution is -0.426. The van der Waals surface area contributed by atoms with E-state index in [1.165, 1.54) is 6.08 Å². The molecule has 3 rings (SSSR count). The van der Waals surface area contributed by atoms with Crippen LogP contribution in [-0.2, 0) is 4.79 Å². The molecule has 4 nitrogen and oxygen atoms in total. The maximum atomic E-state index is 11.8. The minimum atomic E-state index is -1.09. The first-order valence-corrected chi connectivity index (χ1v) is 7.84. The number of carbonyl (C=O) groups excluding carboxylic acids is 1. The molecule has 116 valence electrons. The Morgan fingerprint density at radius 1 is 1.27 bits per heavy atom. The predicted octanol–water partition coefficient (Wildman–Crippen LogP) is 1.68. The SMILES string of the molecule is O=C1C=C[C@](O)(CCO)[C@@H]([C@H]2C=[N+](c3ccccc3)CC2)C1. The zero-order valence-corrected chi connectivity index (χ0v) is 12.6. The molecule has 1 aliphatic heterocycles. The van der Waals surface area contributed by atoms with Crippen LogP contribution in [0.25, 0.3) is 0 Å². The Bertz CT molecular complexity index is 608. The van der Waals surface area contributed by atoms with Gasteiger partial charge in [-0.05, 0) is 12.2 Å². The number of ketones is 1. The second-order valence-corrected chi connectivity index (χ2v) is 6.21. The van der Waals surface area contributed by atoms with Gasteiger partial charge in [0.25, 0.3) is 0 Å². The van der Waals surface area contributed by atoms with Crippen LogP contribution in [0.15, 0.2) is 42.5 Å². The minimum Gasteiger partial charge on any atom is -0.396 e. The number of nitrogens with zero attached hydrogens (tertiary/aromatic N) is 1. The van der Waals surface area contributed by atoms with Crippen LogP contribution in [0.1, 0.15) is 19.3 Å². The lowest BCUT2D eigenvalue weighted by Gasteiger charge is -2.37. The molecule has 1 heterocycles. The van der Waals surface area contributed by atoms with Gasteiger partial charge in [0.15, 0.2) is 5.78 Å². The van der Waals surface area contributed by atoms with Crippen LogP contribution in [0.3, 0.4) is 0 Å². The molecular formula is C18H22NO3+. The summed E-state index contributed by atoms with van der Waals surface area (Å²) < 4.78 is 2.19. The van der Waals surface area contributed by atoms with E-state index in [-0.39, 0.29) is 30.6 Å². The summed E-state index contributed by atoms with van der Waals surface area (Å²) in [5.41, 5.74) is 0.0460. The molecule has 0 bridgehead atoms. The van der Waals surface area contributed by atoms with Crippen LogP contribution < -0.4 is 0 Å². The van der Waals surface area contributed by atoms with Crippen LogP contribution in [0.5, 0.6) is 0 Å². The number of hydrogen-bond acceptors (Lipinski definition) is 3. The van der Waals surface area contributed by atoms with Gasteiger partial charge in [-0.1, -0.05) is 18.2 Å². The Hall–Kier alpha value is -1.78. The van der Waals surface area contributed by atoms with Crippen LogP contribution in [-0.4, -0.2) is 45.5 Å². The van der Waals surface area contributed by atoms with Crippen molar-refractivity contribution >= 4 is 17.7 Å². The van der Waals surface area contributed by atoms with Crippen molar-refractivity contribution in [1.29, 1.82) is 0 Å². The van der Waals surface area contributed by atoms with E-state index in [0.29, 0.717) is 6.42 Å². The molecule has 0 radical (unpaired) electrons. The second-order valence-electron chi connectivity index (χ2n) is 6.21. The Balaban J connectivity index is 1.85. The molecule has 0 spiro atoms. The van der Waals surface area contributed by atoms with Crippen LogP contribution in [0.4, 0.5) is 5.69 Å². The van der Waals surface area contributed by atoms with Crippen molar-refractivity contribution in [2.45, 2.75) is 24.9 Å². The fourth-order valence-electron chi connectivity index (χ4n) is 3.60. The number of para-hydroxylation sites is 1. The van der Waals surface area contributed by atoms with Gasteiger partial charge < -0.3 is 10.2 Å². The second kappa shape index (κ2) is 6.15. The van der Waals surface area contributed by atoms with Crippen molar-refractivity contribution in [2.75, 3.05) is 13.2 Å². The average Bonchev–Trinajstić information content (AvgIpc) is 3.01. The maximum Gasteiger partial charge on any atom is 0.204 e. The summed E-state index contributed by atoms with van der Waals surface area (Å²) in [6.07, 6.45) is 6.70. The number of benzene rings is 1. The molecule has 22 heavy (non-hydrogen) atoms. The summed E-state index contributed by atoms with van der Waals surface area (Å²) in [6.45, 7) is 0.805. The molecule has 2 aliphatic rings. The lowest BCUT2D eigenvalue weighted by atomic mass is 9.70. The fraction of sp³-hybridized carbons (Fsp3) is 0.444. The van der Waals surface area contributed by atoms with Gasteiger partial charge >= 0.3 is 0 Å². The molecule has 0 fully saturated rings. The summed E-state index contributed by atoms with van der Waals surface area (Å²) in [4.78, 5) is 11.8. The number of aliphatic hydroxyl groups is 2. The van der Waals surface area contributed by atoms with Gasteiger partial charge in [-0.2, -0.15) is 0 Å². The van der Waals surface area contributed by atoms with Crippen molar-refractivity contribution in [2.24, 2.45) is 11.8 Å². The molecule has 2 N–H and O–H groups in total. The van der Waals surface area contributed by atoms with Gasteiger partial charge in [0.05, 0.1) is 5.60 Å². The summed E-state index contributed by atoms with van der Waals surface area (Å²) in [6, 6.07) is 10.1. The van der Waals surface area contributed by atoms with Crippen molar-refractivity contribution in [3.63, 3.8) is 0 Å². The predicted molar refractivity (Wildman–Crippen MR) is 84.3 cm³/mol. The van der Waals surface area contributed by atoms with Gasteiger partial charge in [-0.3, -0.25) is 4.79 Å². The van der Waals surface area contributed by atoms with Gasteiger partial charge in [-0.15, -0.1) is 0 Å². The van der Waals surface area contributed by atoms with Gasteiger partial charge in [0, 0.05) is 49.8 Å². The molecule has 1 aromatic rings. The zero-order valence-electron chi connectivity index (χ0n) is 12.6. The van der Waals surface area contributed by atoms with Gasteiger partial charge in [0.1, 0.15) is 12.8 Å². The first-order valence-electron chi connectivity index (χ1n) is 7.84. The molecule has 0 amide bonds. The largest absolute Gasteiger partial charge is 0.396 e. The van der Waals surface area contributed by atoms with Crippen molar-refractivity contribution in [3.05, 3.63) is 42.5 Å². The Labute approximate surface area is 130 Å². The first-order chi connectivity index (χ1) is 10.6. The number of allylic oxidation sites excluding steroid dienone is 1. The molecule has 4 heteroatoms. The third-order valence-electron chi connectivity index (χ3n) is 4.81. The van der Waals surface area contributed by atoms with Gasteiger partial charge in [0.2, 0.25) is 5.69 Å². The number of aliphatic hydroxyl groups excluding tert-OH is 1. The molecule has 1 aliphatic carbocycles. The van der Waals surface area contributed by atoms with E-state index in [9.17, 15) is 15.0 Å². The van der Waals surface area contributed by atoms with Crippen LogP contribution in [0.2, 0.25) is 0 Å². The lowest BCUT2D eigenvalue weighted by Crippen LogP contribution is -2.44. The zero-order chi connectivity index (χ0) is 15.6. The summed E-state index contributed by atoms with van der Waals surface area (Å²) in [5, 5.41) is 20.1. The Morgan fingerprint density at radius 2 is 2.05 bits per heavy atom. The monoisotopic (exact) mass is 300 g/mol. The molecule has 0 unspecified atom stereocenters. The molecule has 3 atom stereocenters. The topological polar surface area (TPSA) is 60.5 Å². The quantitative estimate of drug-likeness (QED) is 0.832. The minimum absolute atomic E-state index is 0.0548. The van der Waals surface area contributed by atoms with E-state index < -0.39 is 5.60 Å². The van der Waals surface area contributed by atoms with E-state index in [1.807, 2.05) is 18.2 Å². The molecular weight excluding hydrogens is 278 g/mol. The van der Waals surface area contributed by atoms with E-state index in [0.717, 1.165) is 18.7 Å². The number of carbonyl (C=O) groups is 1. The van der Waals surface area contributed by atoms with E-state index in [1.54, 1.807) is 6.08 Å². The first kappa shape index (κ1) is 15.1. The number of hydrogen-bond donors (Lipinski definition) is 2. The van der Waals surface area contributed by atoms with Crippen molar-refractivity contribution < 1.29 is 19.6 Å². The third kappa shape index (κ3) is 2.89. The fourth-order valence-corrected chi connectivity index (χ4v) is 3.60. The maximum absolute atomic E-state index is 11.8. The van der Waals surface area contributed by atoms with Crippen LogP contribution >= 0.6 is 0 Å². The highest BCUT2D eigenvalue weighted by atomic mass is 16.3. The van der Waals surface area contributed by atoms with Crippen molar-refractivity contribution in [3.8, 4) is 0 Å². The highest BCUT2D eigenvalue weighted by molar-refractivity contribution is 5.91.